The minimum absolute atomic E-state index is 0.317. The van der Waals surface area contributed by atoms with Gasteiger partial charge in [-0.05, 0) is 52.7 Å². The van der Waals surface area contributed by atoms with Crippen LogP contribution in [-0.4, -0.2) is 5.11 Å². The van der Waals surface area contributed by atoms with Crippen LogP contribution in [0.5, 0.6) is 5.75 Å². The first-order valence-electron chi connectivity index (χ1n) is 5.03. The summed E-state index contributed by atoms with van der Waals surface area (Å²) in [4.78, 5) is 1.16. The third-order valence-corrected chi connectivity index (χ3v) is 4.83. The van der Waals surface area contributed by atoms with E-state index in [2.05, 4.69) is 21.2 Å². The molecule has 90 valence electrons. The topological polar surface area (TPSA) is 32.3 Å². The Labute approximate surface area is 117 Å². The van der Waals surface area contributed by atoms with Gasteiger partial charge in [0.25, 0.3) is 0 Å². The molecule has 2 rings (SSSR count). The number of aromatic hydroxyl groups is 1. The van der Waals surface area contributed by atoms with Gasteiger partial charge in [-0.25, -0.2) is 0 Å². The molecular weight excluding hydrogens is 322 g/mol. The average Bonchev–Trinajstić information content (AvgIpc) is 2.60. The first-order chi connectivity index (χ1) is 8.06. The van der Waals surface area contributed by atoms with E-state index in [-0.39, 0.29) is 0 Å². The molecule has 17 heavy (non-hydrogen) atoms. The number of benzene rings is 1. The van der Waals surface area contributed by atoms with Crippen LogP contribution in [-0.2, 0) is 6.54 Å². The molecule has 0 aliphatic rings. The summed E-state index contributed by atoms with van der Waals surface area (Å²) in [5.41, 5.74) is 1.85. The maximum absolute atomic E-state index is 9.42. The second kappa shape index (κ2) is 5.29. The van der Waals surface area contributed by atoms with Crippen molar-refractivity contribution >= 4 is 44.6 Å². The van der Waals surface area contributed by atoms with Crippen molar-refractivity contribution in [2.75, 3.05) is 5.32 Å². The van der Waals surface area contributed by atoms with Crippen molar-refractivity contribution in [1.29, 1.82) is 0 Å². The highest BCUT2D eigenvalue weighted by Gasteiger charge is 2.04. The molecule has 0 amide bonds. The highest BCUT2D eigenvalue weighted by Crippen LogP contribution is 2.32. The molecule has 2 aromatic rings. The molecule has 0 aliphatic heterocycles. The van der Waals surface area contributed by atoms with Crippen molar-refractivity contribution in [3.8, 4) is 5.75 Å². The average molecular weight is 333 g/mol. The maximum Gasteiger partial charge on any atom is 0.118 e. The Kier molecular flexibility index (Phi) is 3.97. The van der Waals surface area contributed by atoms with Crippen LogP contribution in [0.25, 0.3) is 0 Å². The van der Waals surface area contributed by atoms with Gasteiger partial charge in [0, 0.05) is 21.6 Å². The molecule has 5 heteroatoms. The zero-order chi connectivity index (χ0) is 12.4. The minimum atomic E-state index is 0.317. The van der Waals surface area contributed by atoms with E-state index in [1.54, 1.807) is 17.4 Å². The fourth-order valence-electron chi connectivity index (χ4n) is 1.43. The van der Waals surface area contributed by atoms with E-state index >= 15 is 0 Å². The van der Waals surface area contributed by atoms with Gasteiger partial charge < -0.3 is 10.4 Å². The van der Waals surface area contributed by atoms with Crippen molar-refractivity contribution < 1.29 is 5.11 Å². The lowest BCUT2D eigenvalue weighted by molar-refractivity contribution is 0.471. The molecular formula is C12H11BrClNOS. The second-order valence-electron chi connectivity index (χ2n) is 3.69. The highest BCUT2D eigenvalue weighted by molar-refractivity contribution is 9.10. The lowest BCUT2D eigenvalue weighted by Gasteiger charge is -2.06. The van der Waals surface area contributed by atoms with Gasteiger partial charge in [-0.3, -0.25) is 0 Å². The Hall–Kier alpha value is -0.710. The van der Waals surface area contributed by atoms with Crippen molar-refractivity contribution in [3.63, 3.8) is 0 Å². The van der Waals surface area contributed by atoms with Gasteiger partial charge in [-0.1, -0.05) is 11.6 Å². The van der Waals surface area contributed by atoms with Crippen LogP contribution >= 0.6 is 38.9 Å². The predicted molar refractivity (Wildman–Crippen MR) is 77.2 cm³/mol. The first kappa shape index (κ1) is 12.7. The third kappa shape index (κ3) is 3.15. The molecule has 2 nitrogen and oxygen atoms in total. The molecule has 0 spiro atoms. The monoisotopic (exact) mass is 331 g/mol. The Balaban J connectivity index is 2.04. The van der Waals surface area contributed by atoms with Crippen LogP contribution in [0.3, 0.4) is 0 Å². The Morgan fingerprint density at radius 1 is 1.41 bits per heavy atom. The lowest BCUT2D eigenvalue weighted by Crippen LogP contribution is -1.97. The molecule has 0 saturated carbocycles. The van der Waals surface area contributed by atoms with Gasteiger partial charge in [0.05, 0.1) is 0 Å². The van der Waals surface area contributed by atoms with Crippen LogP contribution < -0.4 is 5.32 Å². The van der Waals surface area contributed by atoms with E-state index in [0.29, 0.717) is 5.75 Å². The Bertz CT molecular complexity index is 522. The van der Waals surface area contributed by atoms with Crippen LogP contribution in [0.15, 0.2) is 28.7 Å². The summed E-state index contributed by atoms with van der Waals surface area (Å²) in [6.07, 6.45) is 0. The van der Waals surface area contributed by atoms with Crippen molar-refractivity contribution in [3.05, 3.63) is 43.5 Å². The first-order valence-corrected chi connectivity index (χ1v) is 7.02. The molecule has 2 N–H and O–H groups in total. The van der Waals surface area contributed by atoms with Crippen molar-refractivity contribution in [2.24, 2.45) is 0 Å². The predicted octanol–water partition coefficient (Wildman–Crippen LogP) is 4.79. The third-order valence-electron chi connectivity index (χ3n) is 2.36. The number of hydrogen-bond acceptors (Lipinski definition) is 3. The van der Waals surface area contributed by atoms with Crippen molar-refractivity contribution in [1.82, 2.24) is 0 Å². The number of rotatable bonds is 3. The molecule has 0 radical (unpaired) electrons. The summed E-state index contributed by atoms with van der Waals surface area (Å²) in [7, 11) is 0. The van der Waals surface area contributed by atoms with Crippen LogP contribution in [0.4, 0.5) is 5.69 Å². The highest BCUT2D eigenvalue weighted by atomic mass is 79.9. The molecule has 0 bridgehead atoms. The largest absolute Gasteiger partial charge is 0.508 e. The van der Waals surface area contributed by atoms with E-state index < -0.39 is 0 Å². The standard InChI is InChI=1S/C12H11BrClNOS/c1-7-4-8(2-3-11(7)16)15-6-9-5-10(13)12(14)17-9/h2-5,15-16H,6H2,1H3. The quantitative estimate of drug-likeness (QED) is 0.792. The molecule has 1 heterocycles. The SMILES string of the molecule is Cc1cc(NCc2cc(Br)c(Cl)s2)ccc1O. The van der Waals surface area contributed by atoms with Gasteiger partial charge in [0.2, 0.25) is 0 Å². The number of nitrogens with one attached hydrogen (secondary N) is 1. The second-order valence-corrected chi connectivity index (χ2v) is 6.28. The van der Waals surface area contributed by atoms with Crippen molar-refractivity contribution in [2.45, 2.75) is 13.5 Å². The molecule has 0 aliphatic carbocycles. The summed E-state index contributed by atoms with van der Waals surface area (Å²) < 4.78 is 1.70. The normalized spacial score (nSPS) is 10.5. The van der Waals surface area contributed by atoms with E-state index in [4.69, 9.17) is 11.6 Å². The minimum Gasteiger partial charge on any atom is -0.508 e. The zero-order valence-electron chi connectivity index (χ0n) is 9.13. The van der Waals surface area contributed by atoms with Gasteiger partial charge in [-0.15, -0.1) is 11.3 Å². The van der Waals surface area contributed by atoms with E-state index in [1.807, 2.05) is 25.1 Å². The smallest absolute Gasteiger partial charge is 0.118 e. The molecule has 0 atom stereocenters. The van der Waals surface area contributed by atoms with E-state index in [1.165, 1.54) is 0 Å². The molecule has 0 fully saturated rings. The summed E-state index contributed by atoms with van der Waals surface area (Å²) >= 11 is 10.9. The van der Waals surface area contributed by atoms with E-state index in [0.717, 1.165) is 31.5 Å². The molecule has 0 saturated heterocycles. The molecule has 0 unspecified atom stereocenters. The lowest BCUT2D eigenvalue weighted by atomic mass is 10.2. The van der Waals surface area contributed by atoms with E-state index in [9.17, 15) is 5.11 Å². The number of thiophene rings is 1. The summed E-state index contributed by atoms with van der Waals surface area (Å²) in [6.45, 7) is 2.60. The summed E-state index contributed by atoms with van der Waals surface area (Å²) in [5, 5.41) is 12.7. The van der Waals surface area contributed by atoms with Gasteiger partial charge in [-0.2, -0.15) is 0 Å². The summed E-state index contributed by atoms with van der Waals surface area (Å²) in [5.74, 6) is 0.317. The number of halogens is 2. The van der Waals surface area contributed by atoms with Gasteiger partial charge in [0.1, 0.15) is 10.1 Å². The Morgan fingerprint density at radius 3 is 2.76 bits per heavy atom. The van der Waals surface area contributed by atoms with Crippen LogP contribution in [0, 0.1) is 6.92 Å². The number of anilines is 1. The van der Waals surface area contributed by atoms with Gasteiger partial charge in [0.15, 0.2) is 0 Å². The van der Waals surface area contributed by atoms with Crippen LogP contribution in [0.2, 0.25) is 4.34 Å². The zero-order valence-corrected chi connectivity index (χ0v) is 12.3. The maximum atomic E-state index is 9.42. The number of phenolic OH excluding ortho intramolecular Hbond substituents is 1. The molecule has 1 aromatic carbocycles. The van der Waals surface area contributed by atoms with Gasteiger partial charge >= 0.3 is 0 Å². The summed E-state index contributed by atoms with van der Waals surface area (Å²) in [6, 6.07) is 7.47. The fourth-order valence-corrected chi connectivity index (χ4v) is 3.16. The van der Waals surface area contributed by atoms with Crippen LogP contribution in [0.1, 0.15) is 10.4 Å². The Morgan fingerprint density at radius 2 is 2.18 bits per heavy atom. The number of phenols is 1. The number of hydrogen-bond donors (Lipinski definition) is 2. The number of aryl methyl sites for hydroxylation is 1. The molecule has 1 aromatic heterocycles. The fraction of sp³-hybridized carbons (Fsp3) is 0.167.